The van der Waals surface area contributed by atoms with Crippen LogP contribution in [0.2, 0.25) is 0 Å². The van der Waals surface area contributed by atoms with E-state index < -0.39 is 0 Å². The highest BCUT2D eigenvalue weighted by Gasteiger charge is 2.29. The molecule has 1 saturated heterocycles. The van der Waals surface area contributed by atoms with Crippen LogP contribution in [0.25, 0.3) is 0 Å². The zero-order valence-electron chi connectivity index (χ0n) is 15.3. The highest BCUT2D eigenvalue weighted by atomic mass is 16.5. The summed E-state index contributed by atoms with van der Waals surface area (Å²) in [5, 5.41) is 6.78. The minimum atomic E-state index is -0.0695. The summed E-state index contributed by atoms with van der Waals surface area (Å²) < 4.78 is 5.32. The molecule has 0 unspecified atom stereocenters. The number of hydrogen-bond donors (Lipinski definition) is 1. The van der Waals surface area contributed by atoms with Crippen LogP contribution in [-0.2, 0) is 11.2 Å². The third-order valence-electron chi connectivity index (χ3n) is 4.67. The highest BCUT2D eigenvalue weighted by Crippen LogP contribution is 2.22. The molecule has 0 spiro atoms. The third kappa shape index (κ3) is 4.31. The number of likely N-dealkylation sites (tertiary alicyclic amines) is 1. The maximum absolute atomic E-state index is 12.9. The van der Waals surface area contributed by atoms with Gasteiger partial charge in [0.15, 0.2) is 5.76 Å². The predicted molar refractivity (Wildman–Crippen MR) is 97.7 cm³/mol. The molecule has 6 heteroatoms. The van der Waals surface area contributed by atoms with Gasteiger partial charge in [0.25, 0.3) is 5.91 Å². The molecule has 0 saturated carbocycles. The van der Waals surface area contributed by atoms with Gasteiger partial charge in [0.1, 0.15) is 5.56 Å². The number of benzene rings is 1. The first-order valence-corrected chi connectivity index (χ1v) is 9.11. The second-order valence-electron chi connectivity index (χ2n) is 7.05. The quantitative estimate of drug-likeness (QED) is 0.895. The fraction of sp³-hybridized carbons (Fsp3) is 0.450. The van der Waals surface area contributed by atoms with E-state index in [4.69, 9.17) is 4.52 Å². The van der Waals surface area contributed by atoms with Crippen molar-refractivity contribution in [1.82, 2.24) is 15.4 Å². The van der Waals surface area contributed by atoms with Crippen molar-refractivity contribution in [1.29, 1.82) is 0 Å². The fourth-order valence-electron chi connectivity index (χ4n) is 3.26. The standard InChI is InChI=1S/C20H25N3O3/c1-14(2)22-19(24)16-8-10-23(11-9-16)20(25)17-13-21-26-18(17)12-15-6-4-3-5-7-15/h3-7,13-14,16H,8-12H2,1-2H3,(H,22,24). The van der Waals surface area contributed by atoms with Crippen molar-refractivity contribution < 1.29 is 14.1 Å². The zero-order valence-corrected chi connectivity index (χ0v) is 15.3. The Kier molecular flexibility index (Phi) is 5.71. The normalized spacial score (nSPS) is 15.3. The lowest BCUT2D eigenvalue weighted by Crippen LogP contribution is -2.44. The van der Waals surface area contributed by atoms with Crippen LogP contribution < -0.4 is 5.32 Å². The molecule has 138 valence electrons. The number of carbonyl (C=O) groups is 2. The molecule has 2 heterocycles. The summed E-state index contributed by atoms with van der Waals surface area (Å²) in [6, 6.07) is 10.0. The second-order valence-corrected chi connectivity index (χ2v) is 7.05. The van der Waals surface area contributed by atoms with Crippen LogP contribution in [-0.4, -0.2) is 41.0 Å². The number of rotatable bonds is 5. The monoisotopic (exact) mass is 355 g/mol. The summed E-state index contributed by atoms with van der Waals surface area (Å²) in [6.07, 6.45) is 3.40. The maximum atomic E-state index is 12.9. The summed E-state index contributed by atoms with van der Waals surface area (Å²) in [5.74, 6) is 0.579. The zero-order chi connectivity index (χ0) is 18.5. The molecule has 1 fully saturated rings. The molecule has 6 nitrogen and oxygen atoms in total. The molecule has 1 aromatic carbocycles. The van der Waals surface area contributed by atoms with E-state index in [-0.39, 0.29) is 23.8 Å². The van der Waals surface area contributed by atoms with Crippen molar-refractivity contribution in [3.05, 3.63) is 53.4 Å². The second kappa shape index (κ2) is 8.17. The van der Waals surface area contributed by atoms with Crippen LogP contribution in [0.1, 0.15) is 48.4 Å². The van der Waals surface area contributed by atoms with E-state index in [0.29, 0.717) is 43.7 Å². The first kappa shape index (κ1) is 18.2. The molecule has 1 N–H and O–H groups in total. The van der Waals surface area contributed by atoms with Crippen molar-refractivity contribution in [2.75, 3.05) is 13.1 Å². The van der Waals surface area contributed by atoms with E-state index in [1.165, 1.54) is 6.20 Å². The van der Waals surface area contributed by atoms with Gasteiger partial charge >= 0.3 is 0 Å². The molecule has 2 amide bonds. The van der Waals surface area contributed by atoms with E-state index in [2.05, 4.69) is 10.5 Å². The molecular weight excluding hydrogens is 330 g/mol. The molecule has 1 aromatic heterocycles. The van der Waals surface area contributed by atoms with Gasteiger partial charge in [0.2, 0.25) is 5.91 Å². The highest BCUT2D eigenvalue weighted by molar-refractivity contribution is 5.95. The average molecular weight is 355 g/mol. The number of nitrogens with one attached hydrogen (secondary N) is 1. The van der Waals surface area contributed by atoms with Gasteiger partial charge in [-0.25, -0.2) is 0 Å². The smallest absolute Gasteiger partial charge is 0.259 e. The van der Waals surface area contributed by atoms with Crippen LogP contribution in [0.5, 0.6) is 0 Å². The van der Waals surface area contributed by atoms with Crippen LogP contribution in [0.15, 0.2) is 41.1 Å². The Morgan fingerprint density at radius 2 is 1.92 bits per heavy atom. The first-order chi connectivity index (χ1) is 12.5. The third-order valence-corrected chi connectivity index (χ3v) is 4.67. The minimum absolute atomic E-state index is 0.0206. The predicted octanol–water partition coefficient (Wildman–Crippen LogP) is 2.64. The maximum Gasteiger partial charge on any atom is 0.259 e. The number of hydrogen-bond acceptors (Lipinski definition) is 4. The minimum Gasteiger partial charge on any atom is -0.360 e. The molecule has 26 heavy (non-hydrogen) atoms. The Balaban J connectivity index is 1.61. The fourth-order valence-corrected chi connectivity index (χ4v) is 3.26. The van der Waals surface area contributed by atoms with E-state index in [0.717, 1.165) is 5.56 Å². The number of aromatic nitrogens is 1. The molecule has 0 aliphatic carbocycles. The lowest BCUT2D eigenvalue weighted by molar-refractivity contribution is -0.126. The van der Waals surface area contributed by atoms with Crippen molar-refractivity contribution >= 4 is 11.8 Å². The van der Waals surface area contributed by atoms with Gasteiger partial charge in [0, 0.05) is 31.5 Å². The van der Waals surface area contributed by atoms with Gasteiger partial charge in [-0.3, -0.25) is 9.59 Å². The summed E-state index contributed by atoms with van der Waals surface area (Å²) >= 11 is 0. The van der Waals surface area contributed by atoms with Crippen LogP contribution >= 0.6 is 0 Å². The number of amides is 2. The molecule has 0 radical (unpaired) electrons. The Morgan fingerprint density at radius 1 is 1.23 bits per heavy atom. The van der Waals surface area contributed by atoms with Crippen LogP contribution in [0.3, 0.4) is 0 Å². The molecule has 1 aliphatic rings. The summed E-state index contributed by atoms with van der Waals surface area (Å²) in [6.45, 7) is 5.06. The average Bonchev–Trinajstić information content (AvgIpc) is 3.09. The Labute approximate surface area is 153 Å². The topological polar surface area (TPSA) is 75.4 Å². The van der Waals surface area contributed by atoms with Gasteiger partial charge in [-0.1, -0.05) is 35.5 Å². The van der Waals surface area contributed by atoms with E-state index >= 15 is 0 Å². The van der Waals surface area contributed by atoms with Gasteiger partial charge in [-0.2, -0.15) is 0 Å². The van der Waals surface area contributed by atoms with E-state index in [9.17, 15) is 9.59 Å². The summed E-state index contributed by atoms with van der Waals surface area (Å²) in [4.78, 5) is 26.8. The van der Waals surface area contributed by atoms with Gasteiger partial charge < -0.3 is 14.7 Å². The summed E-state index contributed by atoms with van der Waals surface area (Å²) in [5.41, 5.74) is 1.58. The van der Waals surface area contributed by atoms with E-state index in [1.54, 1.807) is 4.90 Å². The Hall–Kier alpha value is -2.63. The molecule has 2 aromatic rings. The number of nitrogens with zero attached hydrogens (tertiary/aromatic N) is 2. The lowest BCUT2D eigenvalue weighted by Gasteiger charge is -2.31. The number of carbonyl (C=O) groups excluding carboxylic acids is 2. The summed E-state index contributed by atoms with van der Waals surface area (Å²) in [7, 11) is 0. The van der Waals surface area contributed by atoms with Gasteiger partial charge in [-0.05, 0) is 32.3 Å². The molecule has 3 rings (SSSR count). The van der Waals surface area contributed by atoms with Crippen molar-refractivity contribution in [2.45, 2.75) is 39.2 Å². The molecular formula is C20H25N3O3. The van der Waals surface area contributed by atoms with E-state index in [1.807, 2.05) is 44.2 Å². The largest absolute Gasteiger partial charge is 0.360 e. The molecule has 1 aliphatic heterocycles. The Bertz CT molecular complexity index is 747. The van der Waals surface area contributed by atoms with Gasteiger partial charge in [0.05, 0.1) is 6.20 Å². The van der Waals surface area contributed by atoms with Crippen LogP contribution in [0, 0.1) is 5.92 Å². The van der Waals surface area contributed by atoms with Crippen molar-refractivity contribution in [3.8, 4) is 0 Å². The van der Waals surface area contributed by atoms with Crippen molar-refractivity contribution in [2.24, 2.45) is 5.92 Å². The first-order valence-electron chi connectivity index (χ1n) is 9.11. The molecule has 0 bridgehead atoms. The van der Waals surface area contributed by atoms with Crippen molar-refractivity contribution in [3.63, 3.8) is 0 Å². The lowest BCUT2D eigenvalue weighted by atomic mass is 9.95. The SMILES string of the molecule is CC(C)NC(=O)C1CCN(C(=O)c2cnoc2Cc2ccccc2)CC1. The Morgan fingerprint density at radius 3 is 2.58 bits per heavy atom. The molecule has 0 atom stereocenters. The van der Waals surface area contributed by atoms with Gasteiger partial charge in [-0.15, -0.1) is 0 Å². The van der Waals surface area contributed by atoms with Crippen LogP contribution in [0.4, 0.5) is 0 Å². The number of piperidine rings is 1.